The van der Waals surface area contributed by atoms with E-state index < -0.39 is 11.6 Å². The summed E-state index contributed by atoms with van der Waals surface area (Å²) in [5.41, 5.74) is 0.634. The number of benzene rings is 1. The number of hydrogen-bond acceptors (Lipinski definition) is 1. The quantitative estimate of drug-likeness (QED) is 0.497. The summed E-state index contributed by atoms with van der Waals surface area (Å²) >= 11 is 0. The van der Waals surface area contributed by atoms with Crippen molar-refractivity contribution >= 4 is 0 Å². The smallest absolute Gasteiger partial charge is 0.129 e. The van der Waals surface area contributed by atoms with E-state index in [0.29, 0.717) is 12.0 Å². The van der Waals surface area contributed by atoms with Gasteiger partial charge in [0.05, 0.1) is 0 Å². The summed E-state index contributed by atoms with van der Waals surface area (Å²) < 4.78 is 31.5. The van der Waals surface area contributed by atoms with Crippen LogP contribution in [0.2, 0.25) is 0 Å². The first-order valence-corrected chi connectivity index (χ1v) is 6.87. The van der Waals surface area contributed by atoms with Crippen LogP contribution in [0.1, 0.15) is 45.1 Å². The van der Waals surface area contributed by atoms with Crippen molar-refractivity contribution in [3.63, 3.8) is 0 Å². The van der Waals surface area contributed by atoms with Crippen LogP contribution in [0.5, 0.6) is 0 Å². The number of halogens is 2. The molecule has 1 aromatic carbocycles. The molecule has 0 aliphatic heterocycles. The number of rotatable bonds is 8. The van der Waals surface area contributed by atoms with Gasteiger partial charge in [0.25, 0.3) is 0 Å². The maximum absolute atomic E-state index is 13.6. The molecule has 0 spiro atoms. The molecule has 0 radical (unpaired) electrons. The third kappa shape index (κ3) is 7.51. The molecule has 0 N–H and O–H groups in total. The van der Waals surface area contributed by atoms with Gasteiger partial charge in [-0.2, -0.15) is 0 Å². The molecule has 0 saturated carbocycles. The Morgan fingerprint density at radius 3 is 2.40 bits per heavy atom. The van der Waals surface area contributed by atoms with Crippen LogP contribution in [-0.4, -0.2) is 13.7 Å². The SMILES string of the molecule is COCCCCCC(C)(C)Cc1ccc(F)cc1F.[Ti]. The summed E-state index contributed by atoms with van der Waals surface area (Å²) in [7, 11) is 1.71. The van der Waals surface area contributed by atoms with Crippen molar-refractivity contribution in [2.75, 3.05) is 13.7 Å². The Hall–Kier alpha value is -0.246. The largest absolute Gasteiger partial charge is 0.385 e. The van der Waals surface area contributed by atoms with Gasteiger partial charge in [0.2, 0.25) is 0 Å². The minimum absolute atomic E-state index is 0. The van der Waals surface area contributed by atoms with Crippen molar-refractivity contribution in [1.82, 2.24) is 0 Å². The Balaban J connectivity index is 0.00000361. The van der Waals surface area contributed by atoms with E-state index in [9.17, 15) is 8.78 Å². The van der Waals surface area contributed by atoms with Gasteiger partial charge in [-0.3, -0.25) is 0 Å². The van der Waals surface area contributed by atoms with Crippen molar-refractivity contribution in [3.8, 4) is 0 Å². The van der Waals surface area contributed by atoms with E-state index in [1.165, 1.54) is 6.07 Å². The average molecular weight is 318 g/mol. The van der Waals surface area contributed by atoms with Gasteiger partial charge in [-0.15, -0.1) is 0 Å². The Labute approximate surface area is 136 Å². The van der Waals surface area contributed by atoms with E-state index >= 15 is 0 Å². The van der Waals surface area contributed by atoms with Crippen LogP contribution in [0.3, 0.4) is 0 Å². The van der Waals surface area contributed by atoms with Crippen LogP contribution < -0.4 is 0 Å². The molecule has 0 saturated heterocycles. The van der Waals surface area contributed by atoms with E-state index in [-0.39, 0.29) is 27.1 Å². The Morgan fingerprint density at radius 2 is 1.80 bits per heavy atom. The summed E-state index contributed by atoms with van der Waals surface area (Å²) in [6.45, 7) is 5.06. The number of methoxy groups -OCH3 is 1. The van der Waals surface area contributed by atoms with Crippen molar-refractivity contribution in [2.24, 2.45) is 5.41 Å². The third-order valence-corrected chi connectivity index (χ3v) is 3.39. The number of hydrogen-bond donors (Lipinski definition) is 0. The first kappa shape index (κ1) is 19.8. The van der Waals surface area contributed by atoms with Crippen LogP contribution in [0.4, 0.5) is 8.78 Å². The molecule has 0 aliphatic rings. The summed E-state index contributed by atoms with van der Waals surface area (Å²) in [4.78, 5) is 0. The fourth-order valence-electron chi connectivity index (χ4n) is 2.30. The molecule has 112 valence electrons. The molecular formula is C16H24F2OTi. The molecule has 0 unspecified atom stereocenters. The molecule has 20 heavy (non-hydrogen) atoms. The minimum atomic E-state index is -0.515. The second kappa shape index (κ2) is 9.65. The fourth-order valence-corrected chi connectivity index (χ4v) is 2.30. The van der Waals surface area contributed by atoms with Gasteiger partial charge >= 0.3 is 0 Å². The summed E-state index contributed by atoms with van der Waals surface area (Å²) in [6, 6.07) is 3.84. The topological polar surface area (TPSA) is 9.23 Å². The van der Waals surface area contributed by atoms with E-state index in [1.54, 1.807) is 13.2 Å². The van der Waals surface area contributed by atoms with Gasteiger partial charge in [-0.25, -0.2) is 8.78 Å². The van der Waals surface area contributed by atoms with E-state index in [2.05, 4.69) is 13.8 Å². The van der Waals surface area contributed by atoms with Gasteiger partial charge < -0.3 is 4.74 Å². The van der Waals surface area contributed by atoms with Crippen LogP contribution in [0, 0.1) is 17.0 Å². The Morgan fingerprint density at radius 1 is 1.10 bits per heavy atom. The zero-order chi connectivity index (χ0) is 14.3. The van der Waals surface area contributed by atoms with Gasteiger partial charge in [-0.05, 0) is 36.3 Å². The van der Waals surface area contributed by atoms with Gasteiger partial charge in [0.15, 0.2) is 0 Å². The normalized spacial score (nSPS) is 11.2. The molecule has 1 aromatic rings. The molecule has 1 nitrogen and oxygen atoms in total. The second-order valence-electron chi connectivity index (χ2n) is 5.88. The van der Waals surface area contributed by atoms with Crippen LogP contribution in [0.15, 0.2) is 18.2 Å². The molecule has 0 heterocycles. The van der Waals surface area contributed by atoms with Crippen molar-refractivity contribution in [3.05, 3.63) is 35.4 Å². The first-order chi connectivity index (χ1) is 8.94. The molecule has 0 atom stereocenters. The number of unbranched alkanes of at least 4 members (excludes halogenated alkanes) is 2. The van der Waals surface area contributed by atoms with E-state index in [4.69, 9.17) is 4.74 Å². The Kier molecular flexibility index (Phi) is 9.53. The van der Waals surface area contributed by atoms with Gasteiger partial charge in [0, 0.05) is 41.5 Å². The van der Waals surface area contributed by atoms with Crippen molar-refractivity contribution in [2.45, 2.75) is 46.0 Å². The summed E-state index contributed by atoms with van der Waals surface area (Å²) in [5.74, 6) is -0.953. The zero-order valence-electron chi connectivity index (χ0n) is 12.6. The molecule has 4 heteroatoms. The summed E-state index contributed by atoms with van der Waals surface area (Å²) in [5, 5.41) is 0. The monoisotopic (exact) mass is 318 g/mol. The van der Waals surface area contributed by atoms with E-state index in [1.807, 2.05) is 0 Å². The van der Waals surface area contributed by atoms with Gasteiger partial charge in [0.1, 0.15) is 11.6 Å². The molecule has 0 fully saturated rings. The maximum atomic E-state index is 13.6. The predicted molar refractivity (Wildman–Crippen MR) is 74.2 cm³/mol. The second-order valence-corrected chi connectivity index (χ2v) is 5.88. The van der Waals surface area contributed by atoms with Crippen LogP contribution in [0.25, 0.3) is 0 Å². The first-order valence-electron chi connectivity index (χ1n) is 6.87. The fraction of sp³-hybridized carbons (Fsp3) is 0.625. The molecule has 0 aromatic heterocycles. The van der Waals surface area contributed by atoms with E-state index in [0.717, 1.165) is 38.4 Å². The van der Waals surface area contributed by atoms with Crippen molar-refractivity contribution in [1.29, 1.82) is 0 Å². The predicted octanol–water partition coefficient (Wildman–Crippen LogP) is 4.74. The summed E-state index contributed by atoms with van der Waals surface area (Å²) in [6.07, 6.45) is 4.98. The third-order valence-electron chi connectivity index (χ3n) is 3.39. The van der Waals surface area contributed by atoms with Gasteiger partial charge in [-0.1, -0.05) is 32.8 Å². The Bertz CT molecular complexity index is 394. The molecule has 0 amide bonds. The molecule has 0 aliphatic carbocycles. The molecular weight excluding hydrogens is 294 g/mol. The maximum Gasteiger partial charge on any atom is 0.129 e. The minimum Gasteiger partial charge on any atom is -0.385 e. The zero-order valence-corrected chi connectivity index (χ0v) is 14.2. The average Bonchev–Trinajstić information content (AvgIpc) is 2.32. The molecule has 0 bridgehead atoms. The standard InChI is InChI=1S/C16H24F2O.Ti/c1-16(2,9-5-4-6-10-19-3)12-13-7-8-14(17)11-15(13)18;/h7-8,11H,4-6,9-10,12H2,1-3H3;. The molecule has 1 rings (SSSR count). The van der Waals surface area contributed by atoms with Crippen molar-refractivity contribution < 1.29 is 35.2 Å². The van der Waals surface area contributed by atoms with Crippen LogP contribution >= 0.6 is 0 Å². The number of ether oxygens (including phenoxy) is 1. The van der Waals surface area contributed by atoms with Crippen LogP contribution in [-0.2, 0) is 32.9 Å².